The van der Waals surface area contributed by atoms with Gasteiger partial charge in [0.05, 0.1) is 0 Å². The maximum absolute atomic E-state index is 12.0. The number of benzene rings is 1. The van der Waals surface area contributed by atoms with Gasteiger partial charge in [0.2, 0.25) is 5.91 Å². The van der Waals surface area contributed by atoms with Gasteiger partial charge in [-0.1, -0.05) is 30.7 Å². The molecular formula is C21H33N3O. The zero-order valence-corrected chi connectivity index (χ0v) is 15.4. The van der Waals surface area contributed by atoms with Crippen LogP contribution < -0.4 is 10.6 Å². The highest BCUT2D eigenvalue weighted by Crippen LogP contribution is 2.27. The van der Waals surface area contributed by atoms with Crippen molar-refractivity contribution < 1.29 is 4.79 Å². The average molecular weight is 344 g/mol. The number of carbonyl (C=O) groups is 1. The van der Waals surface area contributed by atoms with Crippen molar-refractivity contribution in [3.63, 3.8) is 0 Å². The fraction of sp³-hybridized carbons (Fsp3) is 0.667. The molecule has 0 aromatic heterocycles. The van der Waals surface area contributed by atoms with Crippen molar-refractivity contribution >= 4 is 5.91 Å². The molecule has 0 spiro atoms. The number of likely N-dealkylation sites (tertiary alicyclic amines) is 1. The molecule has 1 aromatic rings. The molecule has 4 heteroatoms. The summed E-state index contributed by atoms with van der Waals surface area (Å²) < 4.78 is 0. The third-order valence-electron chi connectivity index (χ3n) is 5.32. The summed E-state index contributed by atoms with van der Waals surface area (Å²) >= 11 is 0. The van der Waals surface area contributed by atoms with E-state index >= 15 is 0 Å². The van der Waals surface area contributed by atoms with Crippen LogP contribution in [0.1, 0.15) is 49.7 Å². The number of hydrogen-bond donors (Lipinski definition) is 2. The first-order valence-corrected chi connectivity index (χ1v) is 10.1. The molecule has 25 heavy (non-hydrogen) atoms. The van der Waals surface area contributed by atoms with Crippen LogP contribution in [0, 0.1) is 5.92 Å². The minimum atomic E-state index is 0.173. The van der Waals surface area contributed by atoms with E-state index in [1.807, 2.05) is 0 Å². The van der Waals surface area contributed by atoms with Crippen LogP contribution >= 0.6 is 0 Å². The Hall–Kier alpha value is -1.39. The van der Waals surface area contributed by atoms with E-state index in [9.17, 15) is 4.79 Å². The average Bonchev–Trinajstić information content (AvgIpc) is 3.46. The molecule has 2 aliphatic rings. The lowest BCUT2D eigenvalue weighted by atomic mass is 10.1. The predicted octanol–water partition coefficient (Wildman–Crippen LogP) is 2.72. The minimum Gasteiger partial charge on any atom is -0.355 e. The maximum atomic E-state index is 12.0. The molecule has 1 saturated heterocycles. The van der Waals surface area contributed by atoms with Crippen molar-refractivity contribution in [2.24, 2.45) is 5.92 Å². The molecular weight excluding hydrogens is 310 g/mol. The third-order valence-corrected chi connectivity index (χ3v) is 5.32. The fourth-order valence-corrected chi connectivity index (χ4v) is 3.45. The normalized spacial score (nSPS) is 18.2. The van der Waals surface area contributed by atoms with Crippen LogP contribution in [0.2, 0.25) is 0 Å². The molecule has 2 fully saturated rings. The second-order valence-corrected chi connectivity index (χ2v) is 7.64. The van der Waals surface area contributed by atoms with Crippen molar-refractivity contribution in [1.29, 1.82) is 0 Å². The summed E-state index contributed by atoms with van der Waals surface area (Å²) in [5.74, 6) is 1.10. The molecule has 1 heterocycles. The summed E-state index contributed by atoms with van der Waals surface area (Å²) in [6.07, 6.45) is 8.17. The van der Waals surface area contributed by atoms with Crippen molar-refractivity contribution in [3.05, 3.63) is 35.4 Å². The lowest BCUT2D eigenvalue weighted by molar-refractivity contribution is -0.121. The Balaban J connectivity index is 1.27. The van der Waals surface area contributed by atoms with Crippen LogP contribution in [0.25, 0.3) is 0 Å². The van der Waals surface area contributed by atoms with Crippen LogP contribution in [-0.4, -0.2) is 43.5 Å². The highest BCUT2D eigenvalue weighted by Gasteiger charge is 2.20. The number of carbonyl (C=O) groups excluding carboxylic acids is 1. The minimum absolute atomic E-state index is 0.173. The van der Waals surface area contributed by atoms with Crippen LogP contribution in [-0.2, 0) is 17.8 Å². The second kappa shape index (κ2) is 9.93. The molecule has 2 N–H and O–H groups in total. The van der Waals surface area contributed by atoms with Gasteiger partial charge >= 0.3 is 0 Å². The van der Waals surface area contributed by atoms with Gasteiger partial charge in [0.15, 0.2) is 0 Å². The first-order chi connectivity index (χ1) is 12.3. The lowest BCUT2D eigenvalue weighted by Crippen LogP contribution is -2.37. The molecule has 0 bridgehead atoms. The van der Waals surface area contributed by atoms with Crippen LogP contribution in [0.4, 0.5) is 0 Å². The highest BCUT2D eigenvalue weighted by molar-refractivity contribution is 5.76. The molecule has 4 nitrogen and oxygen atoms in total. The Morgan fingerprint density at radius 2 is 1.76 bits per heavy atom. The largest absolute Gasteiger partial charge is 0.355 e. The molecule has 1 aromatic carbocycles. The van der Waals surface area contributed by atoms with Crippen molar-refractivity contribution in [1.82, 2.24) is 15.5 Å². The van der Waals surface area contributed by atoms with E-state index in [0.717, 1.165) is 38.5 Å². The molecule has 0 unspecified atom stereocenters. The van der Waals surface area contributed by atoms with Crippen molar-refractivity contribution in [2.75, 3.05) is 32.7 Å². The summed E-state index contributed by atoms with van der Waals surface area (Å²) in [7, 11) is 0. The molecule has 1 amide bonds. The molecule has 3 rings (SSSR count). The van der Waals surface area contributed by atoms with Gasteiger partial charge in [-0.15, -0.1) is 0 Å². The Morgan fingerprint density at radius 1 is 1.04 bits per heavy atom. The Kier molecular flexibility index (Phi) is 7.31. The third kappa shape index (κ3) is 7.17. The Morgan fingerprint density at radius 3 is 2.48 bits per heavy atom. The second-order valence-electron chi connectivity index (χ2n) is 7.64. The SMILES string of the molecule is O=C(CCc1ccc(CNCC2CC2)cc1)NCCN1CCCCC1. The number of nitrogens with zero attached hydrogens (tertiary/aromatic N) is 1. The number of aryl methyl sites for hydroxylation is 1. The van der Waals surface area contributed by atoms with E-state index in [-0.39, 0.29) is 5.91 Å². The fourth-order valence-electron chi connectivity index (χ4n) is 3.45. The van der Waals surface area contributed by atoms with Gasteiger partial charge in [-0.25, -0.2) is 0 Å². The van der Waals surface area contributed by atoms with E-state index in [4.69, 9.17) is 0 Å². The topological polar surface area (TPSA) is 44.4 Å². The molecule has 1 aliphatic heterocycles. The number of piperidine rings is 1. The highest BCUT2D eigenvalue weighted by atomic mass is 16.1. The van der Waals surface area contributed by atoms with Gasteiger partial charge in [0, 0.05) is 26.1 Å². The van der Waals surface area contributed by atoms with Crippen LogP contribution in [0.15, 0.2) is 24.3 Å². The summed E-state index contributed by atoms with van der Waals surface area (Å²) in [6.45, 7) is 6.27. The lowest BCUT2D eigenvalue weighted by Gasteiger charge is -2.26. The van der Waals surface area contributed by atoms with E-state index in [1.165, 1.54) is 56.3 Å². The molecule has 0 atom stereocenters. The summed E-state index contributed by atoms with van der Waals surface area (Å²) in [5, 5.41) is 6.58. The van der Waals surface area contributed by atoms with Gasteiger partial charge < -0.3 is 15.5 Å². The van der Waals surface area contributed by atoms with Crippen LogP contribution in [0.3, 0.4) is 0 Å². The van der Waals surface area contributed by atoms with E-state index < -0.39 is 0 Å². The smallest absolute Gasteiger partial charge is 0.220 e. The zero-order valence-electron chi connectivity index (χ0n) is 15.4. The molecule has 0 radical (unpaired) electrons. The molecule has 1 aliphatic carbocycles. The van der Waals surface area contributed by atoms with Crippen LogP contribution in [0.5, 0.6) is 0 Å². The maximum Gasteiger partial charge on any atom is 0.220 e. The van der Waals surface area contributed by atoms with E-state index in [2.05, 4.69) is 39.8 Å². The standard InChI is InChI=1S/C21H33N3O/c25-21(23-12-15-24-13-2-1-3-14-24)11-10-18-4-6-19(7-5-18)16-22-17-20-8-9-20/h4-7,20,22H,1-3,8-17H2,(H,23,25). The first kappa shape index (κ1) is 18.4. The Bertz CT molecular complexity index is 518. The predicted molar refractivity (Wildman–Crippen MR) is 102 cm³/mol. The monoisotopic (exact) mass is 343 g/mol. The van der Waals surface area contributed by atoms with E-state index in [1.54, 1.807) is 0 Å². The van der Waals surface area contributed by atoms with Crippen molar-refractivity contribution in [3.8, 4) is 0 Å². The Labute approximate surface area is 152 Å². The summed E-state index contributed by atoms with van der Waals surface area (Å²) in [5.41, 5.74) is 2.58. The number of hydrogen-bond acceptors (Lipinski definition) is 3. The number of amides is 1. The molecule has 138 valence electrons. The number of nitrogens with one attached hydrogen (secondary N) is 2. The van der Waals surface area contributed by atoms with E-state index in [0.29, 0.717) is 6.42 Å². The summed E-state index contributed by atoms with van der Waals surface area (Å²) in [6, 6.07) is 8.69. The molecule has 1 saturated carbocycles. The quantitative estimate of drug-likeness (QED) is 0.686. The van der Waals surface area contributed by atoms with Crippen molar-refractivity contribution in [2.45, 2.75) is 51.5 Å². The first-order valence-electron chi connectivity index (χ1n) is 10.1. The summed E-state index contributed by atoms with van der Waals surface area (Å²) in [4.78, 5) is 14.5. The number of rotatable bonds is 10. The van der Waals surface area contributed by atoms with Gasteiger partial charge in [-0.3, -0.25) is 4.79 Å². The van der Waals surface area contributed by atoms with Gasteiger partial charge in [0.25, 0.3) is 0 Å². The van der Waals surface area contributed by atoms with Gasteiger partial charge in [0.1, 0.15) is 0 Å². The zero-order chi connectivity index (χ0) is 17.3. The van der Waals surface area contributed by atoms with Gasteiger partial charge in [-0.05, 0) is 68.8 Å². The van der Waals surface area contributed by atoms with Gasteiger partial charge in [-0.2, -0.15) is 0 Å².